The molecule has 1 fully saturated rings. The van der Waals surface area contributed by atoms with Crippen LogP contribution in [0.5, 0.6) is 0 Å². The molecule has 1 unspecified atom stereocenters. The predicted octanol–water partition coefficient (Wildman–Crippen LogP) is 1.41. The number of nitrogens with zero attached hydrogens (tertiary/aromatic N) is 1. The van der Waals surface area contributed by atoms with Gasteiger partial charge < -0.3 is 10.0 Å². The largest absolute Gasteiger partial charge is 0.396 e. The van der Waals surface area contributed by atoms with Crippen molar-refractivity contribution in [3.63, 3.8) is 0 Å². The monoisotopic (exact) mass is 199 g/mol. The summed E-state index contributed by atoms with van der Waals surface area (Å²) in [5.41, 5.74) is 0. The Hall–Kier alpha value is -0.570. The van der Waals surface area contributed by atoms with E-state index in [9.17, 15) is 4.79 Å². The van der Waals surface area contributed by atoms with E-state index in [1.807, 2.05) is 11.8 Å². The van der Waals surface area contributed by atoms with Crippen LogP contribution in [0.4, 0.5) is 0 Å². The molecular weight excluding hydrogens is 178 g/mol. The third kappa shape index (κ3) is 3.29. The zero-order chi connectivity index (χ0) is 10.4. The Morgan fingerprint density at radius 1 is 1.57 bits per heavy atom. The van der Waals surface area contributed by atoms with Gasteiger partial charge in [-0.05, 0) is 31.6 Å². The SMILES string of the molecule is CCCC(=O)N1CCCC(CCO)C1. The molecule has 1 N–H and O–H groups in total. The highest BCUT2D eigenvalue weighted by molar-refractivity contribution is 5.76. The van der Waals surface area contributed by atoms with Crippen molar-refractivity contribution >= 4 is 5.91 Å². The van der Waals surface area contributed by atoms with E-state index in [0.29, 0.717) is 12.3 Å². The first kappa shape index (κ1) is 11.5. The number of rotatable bonds is 4. The number of likely N-dealkylation sites (tertiary alicyclic amines) is 1. The molecule has 0 bridgehead atoms. The third-order valence-corrected chi connectivity index (χ3v) is 2.87. The van der Waals surface area contributed by atoms with Crippen molar-refractivity contribution in [2.45, 2.75) is 39.0 Å². The van der Waals surface area contributed by atoms with Crippen molar-refractivity contribution in [3.05, 3.63) is 0 Å². The second-order valence-corrected chi connectivity index (χ2v) is 4.11. The predicted molar refractivity (Wildman–Crippen MR) is 55.9 cm³/mol. The van der Waals surface area contributed by atoms with E-state index in [-0.39, 0.29) is 12.5 Å². The molecule has 82 valence electrons. The normalized spacial score (nSPS) is 22.4. The highest BCUT2D eigenvalue weighted by atomic mass is 16.3. The van der Waals surface area contributed by atoms with Crippen LogP contribution in [0.1, 0.15) is 39.0 Å². The van der Waals surface area contributed by atoms with Gasteiger partial charge in [0.2, 0.25) is 5.91 Å². The fourth-order valence-electron chi connectivity index (χ4n) is 2.08. The van der Waals surface area contributed by atoms with Gasteiger partial charge in [0.15, 0.2) is 0 Å². The zero-order valence-corrected chi connectivity index (χ0v) is 9.04. The first-order valence-corrected chi connectivity index (χ1v) is 5.66. The summed E-state index contributed by atoms with van der Waals surface area (Å²) in [4.78, 5) is 13.6. The minimum absolute atomic E-state index is 0.250. The zero-order valence-electron chi connectivity index (χ0n) is 9.04. The van der Waals surface area contributed by atoms with Crippen LogP contribution in [0.3, 0.4) is 0 Å². The molecule has 0 saturated carbocycles. The molecule has 3 heteroatoms. The molecule has 1 aliphatic rings. The standard InChI is InChI=1S/C11H21NO2/c1-2-4-11(14)12-7-3-5-10(9-12)6-8-13/h10,13H,2-9H2,1H3. The highest BCUT2D eigenvalue weighted by Gasteiger charge is 2.22. The van der Waals surface area contributed by atoms with Crippen molar-refractivity contribution in [1.29, 1.82) is 0 Å². The maximum Gasteiger partial charge on any atom is 0.222 e. The van der Waals surface area contributed by atoms with E-state index in [1.54, 1.807) is 0 Å². The van der Waals surface area contributed by atoms with E-state index in [2.05, 4.69) is 0 Å². The lowest BCUT2D eigenvalue weighted by Crippen LogP contribution is -2.39. The van der Waals surface area contributed by atoms with Crippen LogP contribution in [0, 0.1) is 5.92 Å². The maximum absolute atomic E-state index is 11.6. The Morgan fingerprint density at radius 2 is 2.36 bits per heavy atom. The number of hydrogen-bond acceptors (Lipinski definition) is 2. The second kappa shape index (κ2) is 6.02. The molecule has 0 aliphatic carbocycles. The summed E-state index contributed by atoms with van der Waals surface area (Å²) in [6, 6.07) is 0. The molecule has 1 amide bonds. The lowest BCUT2D eigenvalue weighted by molar-refractivity contribution is -0.133. The van der Waals surface area contributed by atoms with Crippen molar-refractivity contribution in [3.8, 4) is 0 Å². The number of carbonyl (C=O) groups excluding carboxylic acids is 1. The Morgan fingerprint density at radius 3 is 3.00 bits per heavy atom. The van der Waals surface area contributed by atoms with Gasteiger partial charge in [0.25, 0.3) is 0 Å². The van der Waals surface area contributed by atoms with Gasteiger partial charge in [-0.3, -0.25) is 4.79 Å². The number of aliphatic hydroxyl groups excluding tert-OH is 1. The Bertz CT molecular complexity index is 180. The minimum Gasteiger partial charge on any atom is -0.396 e. The molecule has 0 aromatic heterocycles. The van der Waals surface area contributed by atoms with Crippen LogP contribution in [-0.2, 0) is 4.79 Å². The highest BCUT2D eigenvalue weighted by Crippen LogP contribution is 2.19. The molecule has 0 radical (unpaired) electrons. The number of amides is 1. The summed E-state index contributed by atoms with van der Waals surface area (Å²) >= 11 is 0. The van der Waals surface area contributed by atoms with Gasteiger partial charge >= 0.3 is 0 Å². The van der Waals surface area contributed by atoms with E-state index < -0.39 is 0 Å². The van der Waals surface area contributed by atoms with Gasteiger partial charge in [0, 0.05) is 26.1 Å². The smallest absolute Gasteiger partial charge is 0.222 e. The van der Waals surface area contributed by atoms with Crippen molar-refractivity contribution < 1.29 is 9.90 Å². The van der Waals surface area contributed by atoms with Gasteiger partial charge in [0.1, 0.15) is 0 Å². The third-order valence-electron chi connectivity index (χ3n) is 2.87. The van der Waals surface area contributed by atoms with Crippen LogP contribution < -0.4 is 0 Å². The summed E-state index contributed by atoms with van der Waals surface area (Å²) in [6.45, 7) is 4.06. The first-order valence-electron chi connectivity index (χ1n) is 5.66. The van der Waals surface area contributed by atoms with E-state index in [0.717, 1.165) is 38.8 Å². The van der Waals surface area contributed by atoms with Gasteiger partial charge in [-0.15, -0.1) is 0 Å². The van der Waals surface area contributed by atoms with E-state index in [4.69, 9.17) is 5.11 Å². The van der Waals surface area contributed by atoms with E-state index in [1.165, 1.54) is 0 Å². The van der Waals surface area contributed by atoms with Crippen LogP contribution in [-0.4, -0.2) is 35.6 Å². The Labute approximate surface area is 86.1 Å². The summed E-state index contributed by atoms with van der Waals surface area (Å²) in [5, 5.41) is 8.84. The lowest BCUT2D eigenvalue weighted by Gasteiger charge is -2.32. The molecule has 1 aliphatic heterocycles. The molecule has 1 saturated heterocycles. The van der Waals surface area contributed by atoms with Crippen LogP contribution in [0.2, 0.25) is 0 Å². The summed E-state index contributed by atoms with van der Waals surface area (Å²) in [5.74, 6) is 0.810. The molecule has 0 aromatic rings. The van der Waals surface area contributed by atoms with Gasteiger partial charge in [-0.25, -0.2) is 0 Å². The summed E-state index contributed by atoms with van der Waals surface area (Å²) in [6.07, 6.45) is 4.71. The number of piperidine rings is 1. The molecule has 1 rings (SSSR count). The van der Waals surface area contributed by atoms with Crippen molar-refractivity contribution in [2.75, 3.05) is 19.7 Å². The van der Waals surface area contributed by atoms with Gasteiger partial charge in [-0.2, -0.15) is 0 Å². The fraction of sp³-hybridized carbons (Fsp3) is 0.909. The number of aliphatic hydroxyl groups is 1. The fourth-order valence-corrected chi connectivity index (χ4v) is 2.08. The lowest BCUT2D eigenvalue weighted by atomic mass is 9.95. The molecule has 3 nitrogen and oxygen atoms in total. The van der Waals surface area contributed by atoms with Crippen molar-refractivity contribution in [2.24, 2.45) is 5.92 Å². The Kier molecular flexibility index (Phi) is 4.94. The molecule has 14 heavy (non-hydrogen) atoms. The minimum atomic E-state index is 0.250. The van der Waals surface area contributed by atoms with Crippen molar-refractivity contribution in [1.82, 2.24) is 4.90 Å². The van der Waals surface area contributed by atoms with Gasteiger partial charge in [-0.1, -0.05) is 6.92 Å². The summed E-state index contributed by atoms with van der Waals surface area (Å²) < 4.78 is 0. The topological polar surface area (TPSA) is 40.5 Å². The second-order valence-electron chi connectivity index (χ2n) is 4.11. The molecule has 0 aromatic carbocycles. The first-order chi connectivity index (χ1) is 6.77. The average Bonchev–Trinajstić information content (AvgIpc) is 2.19. The maximum atomic E-state index is 11.6. The molecule has 0 spiro atoms. The molecular formula is C11H21NO2. The Balaban J connectivity index is 2.35. The van der Waals surface area contributed by atoms with Crippen LogP contribution in [0.25, 0.3) is 0 Å². The quantitative estimate of drug-likeness (QED) is 0.743. The number of carbonyl (C=O) groups is 1. The number of hydrogen-bond donors (Lipinski definition) is 1. The average molecular weight is 199 g/mol. The van der Waals surface area contributed by atoms with Crippen LogP contribution in [0.15, 0.2) is 0 Å². The molecule has 1 atom stereocenters. The summed E-state index contributed by atoms with van der Waals surface area (Å²) in [7, 11) is 0. The van der Waals surface area contributed by atoms with Gasteiger partial charge in [0.05, 0.1) is 0 Å². The molecule has 1 heterocycles. The van der Waals surface area contributed by atoms with E-state index >= 15 is 0 Å². The van der Waals surface area contributed by atoms with Crippen LogP contribution >= 0.6 is 0 Å².